The molecule has 1 aromatic heterocycles. The Hall–Kier alpha value is -2.45. The van der Waals surface area contributed by atoms with Crippen LogP contribution in [-0.4, -0.2) is 71.6 Å². The summed E-state index contributed by atoms with van der Waals surface area (Å²) in [6.07, 6.45) is 1.78. The summed E-state index contributed by atoms with van der Waals surface area (Å²) in [4.78, 5) is 33.9. The van der Waals surface area contributed by atoms with Crippen molar-refractivity contribution in [2.24, 2.45) is 0 Å². The van der Waals surface area contributed by atoms with Crippen molar-refractivity contribution in [1.29, 1.82) is 0 Å². The van der Waals surface area contributed by atoms with Crippen LogP contribution in [0.5, 0.6) is 5.75 Å². The standard InChI is InChI=1S/C25H33N3O4S/c1-16-5-6-21(11-17(16)2)31-14-23(29)27-9-7-20(8-10-27)24-26-22(15-33-24)25(30)28-12-18(3)32-19(4)13-28/h5-6,11,15,18-20H,7-10,12-14H2,1-4H3. The average Bonchev–Trinajstić information content (AvgIpc) is 3.29. The molecule has 7 nitrogen and oxygen atoms in total. The second-order valence-electron chi connectivity index (χ2n) is 9.23. The fourth-order valence-corrected chi connectivity index (χ4v) is 5.46. The van der Waals surface area contributed by atoms with Gasteiger partial charge in [0.25, 0.3) is 11.8 Å². The van der Waals surface area contributed by atoms with E-state index < -0.39 is 0 Å². The normalized spacial score (nSPS) is 21.8. The Labute approximate surface area is 199 Å². The molecule has 1 aromatic carbocycles. The topological polar surface area (TPSA) is 72.0 Å². The number of hydrogen-bond acceptors (Lipinski definition) is 6. The van der Waals surface area contributed by atoms with Gasteiger partial charge in [-0.15, -0.1) is 11.3 Å². The van der Waals surface area contributed by atoms with Gasteiger partial charge in [-0.05, 0) is 63.8 Å². The number of carbonyl (C=O) groups is 2. The average molecular weight is 472 g/mol. The summed E-state index contributed by atoms with van der Waals surface area (Å²) in [5, 5.41) is 2.86. The third-order valence-corrected chi connectivity index (χ3v) is 7.49. The lowest BCUT2D eigenvalue weighted by molar-refractivity contribution is -0.134. The first-order chi connectivity index (χ1) is 15.8. The molecule has 2 atom stereocenters. The van der Waals surface area contributed by atoms with E-state index in [1.165, 1.54) is 5.56 Å². The number of likely N-dealkylation sites (tertiary alicyclic amines) is 1. The Kier molecular flexibility index (Phi) is 7.34. The summed E-state index contributed by atoms with van der Waals surface area (Å²) in [6, 6.07) is 5.88. The van der Waals surface area contributed by atoms with Crippen molar-refractivity contribution in [2.45, 2.75) is 58.7 Å². The molecule has 2 saturated heterocycles. The first-order valence-electron chi connectivity index (χ1n) is 11.7. The highest BCUT2D eigenvalue weighted by Gasteiger charge is 2.30. The maximum Gasteiger partial charge on any atom is 0.273 e. The van der Waals surface area contributed by atoms with E-state index in [1.54, 1.807) is 11.3 Å². The van der Waals surface area contributed by atoms with Gasteiger partial charge in [0.15, 0.2) is 6.61 Å². The van der Waals surface area contributed by atoms with Gasteiger partial charge in [-0.25, -0.2) is 4.98 Å². The number of benzene rings is 1. The van der Waals surface area contributed by atoms with Crippen molar-refractivity contribution < 1.29 is 19.1 Å². The van der Waals surface area contributed by atoms with Gasteiger partial charge in [0.2, 0.25) is 0 Å². The lowest BCUT2D eigenvalue weighted by atomic mass is 9.97. The van der Waals surface area contributed by atoms with Crippen LogP contribution in [-0.2, 0) is 9.53 Å². The van der Waals surface area contributed by atoms with Crippen molar-refractivity contribution in [3.8, 4) is 5.75 Å². The minimum absolute atomic E-state index is 0.0113. The lowest BCUT2D eigenvalue weighted by Gasteiger charge is -2.35. The predicted octanol–water partition coefficient (Wildman–Crippen LogP) is 3.79. The first-order valence-corrected chi connectivity index (χ1v) is 12.6. The molecule has 2 aromatic rings. The summed E-state index contributed by atoms with van der Waals surface area (Å²) in [6.45, 7) is 10.7. The zero-order valence-corrected chi connectivity index (χ0v) is 20.7. The largest absolute Gasteiger partial charge is 0.484 e. The minimum Gasteiger partial charge on any atom is -0.484 e. The monoisotopic (exact) mass is 471 g/mol. The van der Waals surface area contributed by atoms with Gasteiger partial charge < -0.3 is 19.3 Å². The van der Waals surface area contributed by atoms with Crippen molar-refractivity contribution in [2.75, 3.05) is 32.8 Å². The number of ether oxygens (including phenoxy) is 2. The van der Waals surface area contributed by atoms with Crippen LogP contribution in [0.3, 0.4) is 0 Å². The maximum atomic E-state index is 12.9. The van der Waals surface area contributed by atoms with E-state index in [1.807, 2.05) is 54.2 Å². The summed E-state index contributed by atoms with van der Waals surface area (Å²) in [5.41, 5.74) is 2.88. The molecular weight excluding hydrogens is 438 g/mol. The summed E-state index contributed by atoms with van der Waals surface area (Å²) < 4.78 is 11.4. The number of piperidine rings is 1. The molecule has 3 heterocycles. The SMILES string of the molecule is Cc1ccc(OCC(=O)N2CCC(c3nc(C(=O)N4CC(C)OC(C)C4)cs3)CC2)cc1C. The van der Waals surface area contributed by atoms with Crippen molar-refractivity contribution >= 4 is 23.2 Å². The molecule has 178 valence electrons. The molecule has 2 fully saturated rings. The summed E-state index contributed by atoms with van der Waals surface area (Å²) >= 11 is 1.55. The molecular formula is C25H33N3O4S. The van der Waals surface area contributed by atoms with Gasteiger partial charge in [-0.2, -0.15) is 0 Å². The molecule has 4 rings (SSSR count). The van der Waals surface area contributed by atoms with Crippen LogP contribution in [0.1, 0.15) is 59.2 Å². The molecule has 2 unspecified atom stereocenters. The quantitative estimate of drug-likeness (QED) is 0.663. The third-order valence-electron chi connectivity index (χ3n) is 6.49. The van der Waals surface area contributed by atoms with E-state index in [4.69, 9.17) is 9.47 Å². The highest BCUT2D eigenvalue weighted by atomic mass is 32.1. The van der Waals surface area contributed by atoms with E-state index in [2.05, 4.69) is 11.9 Å². The Morgan fingerprint density at radius 1 is 1.09 bits per heavy atom. The summed E-state index contributed by atoms with van der Waals surface area (Å²) in [5.74, 6) is 1.00. The number of thiazole rings is 1. The Morgan fingerprint density at radius 3 is 2.45 bits per heavy atom. The molecule has 0 radical (unpaired) electrons. The molecule has 2 amide bonds. The number of rotatable bonds is 5. The van der Waals surface area contributed by atoms with E-state index in [-0.39, 0.29) is 36.5 Å². The summed E-state index contributed by atoms with van der Waals surface area (Å²) in [7, 11) is 0. The van der Waals surface area contributed by atoms with Crippen LogP contribution in [0, 0.1) is 13.8 Å². The number of aryl methyl sites for hydroxylation is 2. The highest BCUT2D eigenvalue weighted by Crippen LogP contribution is 2.31. The van der Waals surface area contributed by atoms with Crippen LogP contribution in [0.4, 0.5) is 0 Å². The van der Waals surface area contributed by atoms with Crippen molar-refractivity contribution in [3.63, 3.8) is 0 Å². The Balaban J connectivity index is 1.27. The molecule has 33 heavy (non-hydrogen) atoms. The fraction of sp³-hybridized carbons (Fsp3) is 0.560. The van der Waals surface area contributed by atoms with E-state index in [0.717, 1.165) is 29.2 Å². The van der Waals surface area contributed by atoms with Crippen LogP contribution < -0.4 is 4.74 Å². The number of morpholine rings is 1. The number of hydrogen-bond donors (Lipinski definition) is 0. The molecule has 0 bridgehead atoms. The lowest BCUT2D eigenvalue weighted by Crippen LogP contribution is -2.48. The first kappa shape index (κ1) is 23.7. The second-order valence-corrected chi connectivity index (χ2v) is 10.1. The number of carbonyl (C=O) groups excluding carboxylic acids is 2. The Bertz CT molecular complexity index is 989. The highest BCUT2D eigenvalue weighted by molar-refractivity contribution is 7.09. The molecule has 0 saturated carbocycles. The van der Waals surface area contributed by atoms with Gasteiger partial charge in [0, 0.05) is 37.5 Å². The van der Waals surface area contributed by atoms with E-state index in [9.17, 15) is 9.59 Å². The van der Waals surface area contributed by atoms with E-state index in [0.29, 0.717) is 31.9 Å². The van der Waals surface area contributed by atoms with Gasteiger partial charge in [0.1, 0.15) is 11.4 Å². The van der Waals surface area contributed by atoms with Gasteiger partial charge in [0.05, 0.1) is 17.2 Å². The number of nitrogens with zero attached hydrogens (tertiary/aromatic N) is 3. The van der Waals surface area contributed by atoms with Gasteiger partial charge in [-0.1, -0.05) is 6.07 Å². The number of amides is 2. The van der Waals surface area contributed by atoms with Crippen LogP contribution in [0.15, 0.2) is 23.6 Å². The molecule has 0 aliphatic carbocycles. The smallest absolute Gasteiger partial charge is 0.273 e. The zero-order chi connectivity index (χ0) is 23.5. The van der Waals surface area contributed by atoms with E-state index >= 15 is 0 Å². The molecule has 8 heteroatoms. The van der Waals surface area contributed by atoms with Crippen molar-refractivity contribution in [1.82, 2.24) is 14.8 Å². The molecule has 0 spiro atoms. The van der Waals surface area contributed by atoms with Gasteiger partial charge in [-0.3, -0.25) is 9.59 Å². The molecule has 2 aliphatic heterocycles. The minimum atomic E-state index is -0.0180. The van der Waals surface area contributed by atoms with Gasteiger partial charge >= 0.3 is 0 Å². The van der Waals surface area contributed by atoms with Crippen LogP contribution >= 0.6 is 11.3 Å². The molecule has 0 N–H and O–H groups in total. The number of aromatic nitrogens is 1. The van der Waals surface area contributed by atoms with Crippen LogP contribution in [0.25, 0.3) is 0 Å². The zero-order valence-electron chi connectivity index (χ0n) is 19.9. The second kappa shape index (κ2) is 10.2. The predicted molar refractivity (Wildman–Crippen MR) is 128 cm³/mol. The third kappa shape index (κ3) is 5.73. The Morgan fingerprint density at radius 2 is 1.79 bits per heavy atom. The maximum absolute atomic E-state index is 12.9. The fourth-order valence-electron chi connectivity index (χ4n) is 4.49. The van der Waals surface area contributed by atoms with Crippen LogP contribution in [0.2, 0.25) is 0 Å². The molecule has 2 aliphatic rings. The van der Waals surface area contributed by atoms with Crippen molar-refractivity contribution in [3.05, 3.63) is 45.4 Å².